The third-order valence-corrected chi connectivity index (χ3v) is 2.09. The molecule has 0 fully saturated rings. The molecule has 0 amide bonds. The molecule has 0 spiro atoms. The Kier molecular flexibility index (Phi) is 3.53. The molecule has 0 aromatic rings. The Hall–Kier alpha value is -0.570. The molecule has 3 heteroatoms. The summed E-state index contributed by atoms with van der Waals surface area (Å²) in [5, 5.41) is 0. The number of hydrogen-bond acceptors (Lipinski definition) is 3. The highest BCUT2D eigenvalue weighted by molar-refractivity contribution is 5.77. The highest BCUT2D eigenvalue weighted by atomic mass is 16.5. The van der Waals surface area contributed by atoms with Gasteiger partial charge in [0.2, 0.25) is 0 Å². The molecule has 0 aliphatic carbocycles. The lowest BCUT2D eigenvalue weighted by atomic mass is 10.1. The van der Waals surface area contributed by atoms with Crippen molar-refractivity contribution in [3.8, 4) is 0 Å². The molecule has 0 bridgehead atoms. The predicted molar refractivity (Wildman–Crippen MR) is 50.3 cm³/mol. The van der Waals surface area contributed by atoms with Gasteiger partial charge in [-0.2, -0.15) is 0 Å². The Bertz CT molecular complexity index is 166. The fourth-order valence-electron chi connectivity index (χ4n) is 1.17. The second kappa shape index (κ2) is 4.45. The topological polar surface area (TPSA) is 47.6 Å². The largest absolute Gasteiger partial charge is 0.479 e. The zero-order valence-electron chi connectivity index (χ0n) is 7.92. The second-order valence-corrected chi connectivity index (χ2v) is 3.54. The van der Waals surface area contributed by atoms with Crippen LogP contribution in [0.4, 0.5) is 0 Å². The SMILES string of the molecule is CC(C)C1COC(CCCN)=N1. The molecule has 1 unspecified atom stereocenters. The van der Waals surface area contributed by atoms with Gasteiger partial charge >= 0.3 is 0 Å². The number of rotatable bonds is 4. The predicted octanol–water partition coefficient (Wildman–Crippen LogP) is 1.18. The van der Waals surface area contributed by atoms with Crippen molar-refractivity contribution in [2.75, 3.05) is 13.2 Å². The van der Waals surface area contributed by atoms with Crippen molar-refractivity contribution in [2.24, 2.45) is 16.6 Å². The minimum Gasteiger partial charge on any atom is -0.479 e. The van der Waals surface area contributed by atoms with Gasteiger partial charge in [0.1, 0.15) is 6.61 Å². The average Bonchev–Trinajstić information content (AvgIpc) is 2.48. The molecule has 0 aromatic carbocycles. The summed E-state index contributed by atoms with van der Waals surface area (Å²) in [6, 6.07) is 0.373. The molecule has 1 atom stereocenters. The molecular weight excluding hydrogens is 152 g/mol. The van der Waals surface area contributed by atoms with Crippen molar-refractivity contribution >= 4 is 5.90 Å². The van der Waals surface area contributed by atoms with Gasteiger partial charge in [0.05, 0.1) is 6.04 Å². The summed E-state index contributed by atoms with van der Waals surface area (Å²) in [4.78, 5) is 4.46. The molecule has 1 aliphatic rings. The zero-order valence-corrected chi connectivity index (χ0v) is 7.92. The lowest BCUT2D eigenvalue weighted by Gasteiger charge is -2.06. The van der Waals surface area contributed by atoms with Crippen LogP contribution in [0.5, 0.6) is 0 Å². The number of ether oxygens (including phenoxy) is 1. The van der Waals surface area contributed by atoms with E-state index in [0.29, 0.717) is 18.5 Å². The van der Waals surface area contributed by atoms with Crippen molar-refractivity contribution in [2.45, 2.75) is 32.7 Å². The maximum atomic E-state index is 5.42. The third kappa shape index (κ3) is 2.48. The molecule has 3 nitrogen and oxygen atoms in total. The summed E-state index contributed by atoms with van der Waals surface area (Å²) in [5.74, 6) is 1.49. The summed E-state index contributed by atoms with van der Waals surface area (Å²) >= 11 is 0. The van der Waals surface area contributed by atoms with Crippen LogP contribution < -0.4 is 5.73 Å². The van der Waals surface area contributed by atoms with Crippen LogP contribution in [-0.4, -0.2) is 25.1 Å². The summed E-state index contributed by atoms with van der Waals surface area (Å²) in [6.45, 7) is 5.82. The van der Waals surface area contributed by atoms with Crippen LogP contribution in [0, 0.1) is 5.92 Å². The smallest absolute Gasteiger partial charge is 0.183 e. The zero-order chi connectivity index (χ0) is 8.97. The highest BCUT2D eigenvalue weighted by Crippen LogP contribution is 2.15. The van der Waals surface area contributed by atoms with E-state index in [1.54, 1.807) is 0 Å². The first-order valence-electron chi connectivity index (χ1n) is 4.63. The fourth-order valence-corrected chi connectivity index (χ4v) is 1.17. The monoisotopic (exact) mass is 170 g/mol. The van der Waals surface area contributed by atoms with E-state index in [2.05, 4.69) is 18.8 Å². The van der Waals surface area contributed by atoms with Gasteiger partial charge in [-0.3, -0.25) is 0 Å². The standard InChI is InChI=1S/C9H18N2O/c1-7(2)8-6-12-9(11-8)4-3-5-10/h7-8H,3-6,10H2,1-2H3. The van der Waals surface area contributed by atoms with Crippen LogP contribution in [0.25, 0.3) is 0 Å². The Balaban J connectivity index is 2.32. The number of aliphatic imine (C=N–C) groups is 1. The summed E-state index contributed by atoms with van der Waals surface area (Å²) in [5.41, 5.74) is 5.39. The lowest BCUT2D eigenvalue weighted by molar-refractivity contribution is 0.285. The molecule has 0 saturated carbocycles. The molecule has 0 saturated heterocycles. The van der Waals surface area contributed by atoms with E-state index in [9.17, 15) is 0 Å². The second-order valence-electron chi connectivity index (χ2n) is 3.54. The fraction of sp³-hybridized carbons (Fsp3) is 0.889. The van der Waals surface area contributed by atoms with Gasteiger partial charge in [-0.05, 0) is 18.9 Å². The van der Waals surface area contributed by atoms with Crippen molar-refractivity contribution in [1.82, 2.24) is 0 Å². The summed E-state index contributed by atoms with van der Waals surface area (Å²) in [6.07, 6.45) is 1.88. The van der Waals surface area contributed by atoms with Crippen molar-refractivity contribution in [3.05, 3.63) is 0 Å². The van der Waals surface area contributed by atoms with Gasteiger partial charge in [-0.15, -0.1) is 0 Å². The Morgan fingerprint density at radius 1 is 1.67 bits per heavy atom. The summed E-state index contributed by atoms with van der Waals surface area (Å²) in [7, 11) is 0. The van der Waals surface area contributed by atoms with E-state index in [1.807, 2.05) is 0 Å². The van der Waals surface area contributed by atoms with Crippen molar-refractivity contribution < 1.29 is 4.74 Å². The molecule has 0 radical (unpaired) electrons. The minimum atomic E-state index is 0.373. The Morgan fingerprint density at radius 2 is 2.42 bits per heavy atom. The van der Waals surface area contributed by atoms with Gasteiger partial charge in [0.25, 0.3) is 0 Å². The van der Waals surface area contributed by atoms with E-state index >= 15 is 0 Å². The average molecular weight is 170 g/mol. The molecule has 70 valence electrons. The molecule has 2 N–H and O–H groups in total. The van der Waals surface area contributed by atoms with Gasteiger partial charge in [-0.25, -0.2) is 4.99 Å². The molecule has 1 heterocycles. The van der Waals surface area contributed by atoms with Gasteiger partial charge < -0.3 is 10.5 Å². The number of nitrogens with zero attached hydrogens (tertiary/aromatic N) is 1. The quantitative estimate of drug-likeness (QED) is 0.688. The van der Waals surface area contributed by atoms with E-state index in [-0.39, 0.29) is 0 Å². The van der Waals surface area contributed by atoms with E-state index in [0.717, 1.165) is 25.3 Å². The number of hydrogen-bond donors (Lipinski definition) is 1. The van der Waals surface area contributed by atoms with Crippen LogP contribution in [-0.2, 0) is 4.74 Å². The van der Waals surface area contributed by atoms with Crippen LogP contribution in [0.2, 0.25) is 0 Å². The van der Waals surface area contributed by atoms with Crippen LogP contribution in [0.1, 0.15) is 26.7 Å². The van der Waals surface area contributed by atoms with Crippen LogP contribution in [0.3, 0.4) is 0 Å². The lowest BCUT2D eigenvalue weighted by Crippen LogP contribution is -2.13. The van der Waals surface area contributed by atoms with Gasteiger partial charge in [0.15, 0.2) is 5.90 Å². The first-order valence-corrected chi connectivity index (χ1v) is 4.63. The van der Waals surface area contributed by atoms with Crippen LogP contribution in [0.15, 0.2) is 4.99 Å². The van der Waals surface area contributed by atoms with Gasteiger partial charge in [0, 0.05) is 6.42 Å². The molecule has 0 aromatic heterocycles. The first-order chi connectivity index (χ1) is 5.74. The maximum absolute atomic E-state index is 5.42. The van der Waals surface area contributed by atoms with E-state index in [1.165, 1.54) is 0 Å². The minimum absolute atomic E-state index is 0.373. The summed E-state index contributed by atoms with van der Waals surface area (Å²) < 4.78 is 5.42. The Morgan fingerprint density at radius 3 is 2.92 bits per heavy atom. The normalized spacial score (nSPS) is 22.7. The molecular formula is C9H18N2O. The van der Waals surface area contributed by atoms with E-state index in [4.69, 9.17) is 10.5 Å². The number of nitrogens with two attached hydrogens (primary N) is 1. The maximum Gasteiger partial charge on any atom is 0.183 e. The van der Waals surface area contributed by atoms with Crippen molar-refractivity contribution in [1.29, 1.82) is 0 Å². The van der Waals surface area contributed by atoms with Crippen LogP contribution >= 0.6 is 0 Å². The Labute approximate surface area is 74.0 Å². The molecule has 12 heavy (non-hydrogen) atoms. The molecule has 1 rings (SSSR count). The van der Waals surface area contributed by atoms with E-state index < -0.39 is 0 Å². The van der Waals surface area contributed by atoms with Crippen molar-refractivity contribution in [3.63, 3.8) is 0 Å². The first kappa shape index (κ1) is 9.52. The third-order valence-electron chi connectivity index (χ3n) is 2.09. The highest BCUT2D eigenvalue weighted by Gasteiger charge is 2.20. The van der Waals surface area contributed by atoms with Gasteiger partial charge in [-0.1, -0.05) is 13.8 Å². The molecule has 1 aliphatic heterocycles.